The monoisotopic (exact) mass is 1260 g/mol. The molecule has 474 valence electrons. The molecule has 15 N–H and O–H groups in total. The van der Waals surface area contributed by atoms with E-state index in [0.717, 1.165) is 55.7 Å². The number of oxazole rings is 1. The van der Waals surface area contributed by atoms with Gasteiger partial charge in [0, 0.05) is 49.5 Å². The number of aromatic hydroxyl groups is 1. The van der Waals surface area contributed by atoms with Crippen LogP contribution in [-0.4, -0.2) is 202 Å². The third-order valence-electron chi connectivity index (χ3n) is 15.0. The van der Waals surface area contributed by atoms with E-state index in [1.54, 1.807) is 24.3 Å². The largest absolute Gasteiger partial charge is 1.00 e. The first-order chi connectivity index (χ1) is 41.4. The zero-order valence-electron chi connectivity index (χ0n) is 48.3. The Morgan fingerprint density at radius 2 is 1.53 bits per heavy atom. The van der Waals surface area contributed by atoms with Crippen molar-refractivity contribution in [3.8, 4) is 28.7 Å². The standard InChI is InChI=1S/C55H71N9O22S.Na/c1-4-5-6-7-16-82-32-12-8-27(9-13-32)53-59-33-17-29(11-15-38(33)83-53)48(74)58-34-19-30(66)22-57-52(78)44-45(71)25(2)23-64(44)55(80)42(37(69)21-40(56)70)61-51(77)43(47(73)46(72)28-10-14-36(68)39(18-28)84-87-86-85-81)62-50(76)35-20-31(67)24-63(35)54(79)41(26(3)65)60-49(34)75;/h8-15,17-18,25-26,30-31,34-35,37,41-47,65-69,71-73,81H,4-7,16,19-24H2,1-3H3,(H2,56,70)(H,57,78)(H,58,74)(H,60,75)(H,61,77)(H,62,76);/q;+1/p-1/t25?,26?,30?,31?,34-,35?,37?,41?,42?,43?,44?,45?,46?,47?;/m0./s1. The third-order valence-corrected chi connectivity index (χ3v) is 15.3. The first-order valence-electron chi connectivity index (χ1n) is 27.8. The Morgan fingerprint density at radius 1 is 0.841 bits per heavy atom. The van der Waals surface area contributed by atoms with Crippen molar-refractivity contribution in [1.29, 1.82) is 0 Å². The van der Waals surface area contributed by atoms with Crippen LogP contribution < -0.4 is 76.1 Å². The van der Waals surface area contributed by atoms with E-state index >= 15 is 0 Å². The molecule has 31 nitrogen and oxygen atoms in total. The van der Waals surface area contributed by atoms with Gasteiger partial charge in [-0.2, -0.15) is 0 Å². The Labute approximate surface area is 529 Å². The van der Waals surface area contributed by atoms with Crippen molar-refractivity contribution in [2.75, 3.05) is 26.2 Å². The van der Waals surface area contributed by atoms with E-state index in [4.69, 9.17) is 19.1 Å². The van der Waals surface area contributed by atoms with Gasteiger partial charge in [-0.1, -0.05) is 39.2 Å². The number of aliphatic hydroxyl groups is 7. The SMILES string of the molecule is CCCCCCOc1ccc(-c2nc3cc(C(=O)N[C@H]4CC(O)CNC(=O)C5C(O)C(C)CN5C(=O)C(C(O)CC(N)=O)NC(=O)C(C(O)C(O)c5ccc(O)c(OSOO[O-])c5)NC(=O)C5CC(O)CN5C(=O)C(C(C)O)NC4=O)ccc3o2)cc1.[Na+]. The summed E-state index contributed by atoms with van der Waals surface area (Å²) in [5.74, 6) is -11.2. The number of ether oxygens (including phenoxy) is 1. The molecule has 3 fully saturated rings. The molecule has 4 heterocycles. The van der Waals surface area contributed by atoms with E-state index in [1.165, 1.54) is 25.1 Å². The van der Waals surface area contributed by atoms with Gasteiger partial charge in [0.25, 0.3) is 18.2 Å². The van der Waals surface area contributed by atoms with Crippen molar-refractivity contribution in [2.45, 2.75) is 145 Å². The molecule has 14 atom stereocenters. The third kappa shape index (κ3) is 17.6. The number of hydrogen-bond acceptors (Lipinski definition) is 24. The number of nitrogens with two attached hydrogens (primary N) is 1. The average Bonchev–Trinajstić information content (AvgIpc) is 4.14. The molecule has 3 saturated heterocycles. The van der Waals surface area contributed by atoms with Crippen LogP contribution in [0.4, 0.5) is 0 Å². The van der Waals surface area contributed by atoms with Crippen LogP contribution in [0.2, 0.25) is 0 Å². The maximum atomic E-state index is 14.7. The number of β-amino-alcohol motifs (C(OH)–C–C–N with tert-alkyl or cyclic N) is 1. The summed E-state index contributed by atoms with van der Waals surface area (Å²) in [4.78, 5) is 120. The molecule has 0 spiro atoms. The van der Waals surface area contributed by atoms with Gasteiger partial charge < -0.3 is 102 Å². The van der Waals surface area contributed by atoms with Gasteiger partial charge >= 0.3 is 29.6 Å². The van der Waals surface area contributed by atoms with Gasteiger partial charge in [-0.15, -0.1) is 4.33 Å². The summed E-state index contributed by atoms with van der Waals surface area (Å²) in [6, 6.07) is 1.70. The number of phenols is 1. The Morgan fingerprint density at radius 3 is 2.22 bits per heavy atom. The van der Waals surface area contributed by atoms with Gasteiger partial charge in [-0.25, -0.2) is 4.98 Å². The minimum atomic E-state index is -2.54. The van der Waals surface area contributed by atoms with Gasteiger partial charge in [-0.3, -0.25) is 43.4 Å². The number of benzene rings is 3. The van der Waals surface area contributed by atoms with Gasteiger partial charge in [0.15, 0.2) is 17.1 Å². The topological polar surface area (TPSA) is 477 Å². The molecule has 4 aromatic rings. The molecule has 1 aromatic heterocycles. The number of nitrogens with one attached hydrogen (secondary N) is 5. The zero-order chi connectivity index (χ0) is 63.4. The first kappa shape index (κ1) is 70.3. The van der Waals surface area contributed by atoms with Crippen LogP contribution in [0.1, 0.15) is 87.7 Å². The van der Waals surface area contributed by atoms with Crippen molar-refractivity contribution in [2.24, 2.45) is 11.7 Å². The molecule has 33 heteroatoms. The number of phenolic OH excluding ortho intramolecular Hbond substituents is 1. The van der Waals surface area contributed by atoms with Gasteiger partial charge in [0.1, 0.15) is 59.7 Å². The normalized spacial score (nSPS) is 25.5. The Bertz CT molecular complexity index is 3110. The molecule has 0 aliphatic carbocycles. The summed E-state index contributed by atoms with van der Waals surface area (Å²) >= 11 is -0.0873. The van der Waals surface area contributed by atoms with Crippen molar-refractivity contribution >= 4 is 70.7 Å². The van der Waals surface area contributed by atoms with Crippen molar-refractivity contribution in [1.82, 2.24) is 41.4 Å². The molecule has 7 rings (SSSR count). The van der Waals surface area contributed by atoms with E-state index < -0.39 is 183 Å². The minimum Gasteiger partial charge on any atom is -0.691 e. The van der Waals surface area contributed by atoms with Crippen LogP contribution in [0.3, 0.4) is 0 Å². The van der Waals surface area contributed by atoms with E-state index in [1.807, 2.05) is 0 Å². The van der Waals surface area contributed by atoms with Crippen molar-refractivity contribution in [3.05, 3.63) is 71.8 Å². The second-order valence-electron chi connectivity index (χ2n) is 21.5. The molecule has 0 bridgehead atoms. The molecule has 0 radical (unpaired) electrons. The van der Waals surface area contributed by atoms with E-state index in [-0.39, 0.29) is 70.0 Å². The molecule has 3 aromatic carbocycles. The molecule has 0 saturated carbocycles. The fourth-order valence-electron chi connectivity index (χ4n) is 10.3. The number of carbonyl (C=O) groups is 8. The summed E-state index contributed by atoms with van der Waals surface area (Å²) in [5, 5.41) is 115. The fourth-order valence-corrected chi connectivity index (χ4v) is 10.5. The van der Waals surface area contributed by atoms with E-state index in [2.05, 4.69) is 47.9 Å². The van der Waals surface area contributed by atoms with Gasteiger partial charge in [0.05, 0.1) is 43.5 Å². The summed E-state index contributed by atoms with van der Waals surface area (Å²) in [7, 11) is 0. The number of carbonyl (C=O) groups excluding carboxylic acids is 8. The average molecular weight is 1260 g/mol. The molecular formula is C55H70N9NaO22S. The number of aliphatic hydroxyl groups excluding tert-OH is 7. The second-order valence-corrected chi connectivity index (χ2v) is 21.9. The first-order valence-corrected chi connectivity index (χ1v) is 28.5. The number of amides is 8. The molecule has 88 heavy (non-hydrogen) atoms. The summed E-state index contributed by atoms with van der Waals surface area (Å²) in [6.45, 7) is 3.32. The fraction of sp³-hybridized carbons (Fsp3) is 0.509. The number of hydrogen-bond donors (Lipinski definition) is 14. The van der Waals surface area contributed by atoms with Crippen LogP contribution in [0.5, 0.6) is 17.2 Å². The number of aromatic nitrogens is 1. The van der Waals surface area contributed by atoms with E-state index in [0.29, 0.717) is 22.8 Å². The summed E-state index contributed by atoms with van der Waals surface area (Å²) in [5.41, 5.74) is 6.02. The Balaban J connectivity index is 0.0000124. The maximum absolute atomic E-state index is 14.7. The van der Waals surface area contributed by atoms with Crippen molar-refractivity contribution < 1.29 is 137 Å². The Kier molecular flexibility index (Phi) is 25.7. The van der Waals surface area contributed by atoms with Crippen LogP contribution in [0.25, 0.3) is 22.6 Å². The summed E-state index contributed by atoms with van der Waals surface area (Å²) in [6.07, 6.45) is -12.1. The molecule has 3 aliphatic rings. The number of primary amides is 1. The van der Waals surface area contributed by atoms with Crippen LogP contribution >= 0.6 is 12.3 Å². The zero-order valence-corrected chi connectivity index (χ0v) is 51.1. The minimum absolute atomic E-state index is 0. The van der Waals surface area contributed by atoms with E-state index in [9.17, 15) is 84.5 Å². The summed E-state index contributed by atoms with van der Waals surface area (Å²) < 4.78 is 20.9. The number of fused-ring (bicyclic) bond motifs is 3. The van der Waals surface area contributed by atoms with Crippen LogP contribution in [-0.2, 0) is 42.9 Å². The number of rotatable bonds is 20. The maximum Gasteiger partial charge on any atom is 1.00 e. The molecule has 3 aliphatic heterocycles. The molecule has 13 unspecified atom stereocenters. The Hall–Kier alpha value is -6.76. The molecular weight excluding hydrogens is 1190 g/mol. The van der Waals surface area contributed by atoms with Crippen LogP contribution in [0, 0.1) is 5.92 Å². The predicted molar refractivity (Wildman–Crippen MR) is 298 cm³/mol. The number of nitrogens with zero attached hydrogens (tertiary/aromatic N) is 3. The smallest absolute Gasteiger partial charge is 0.691 e. The van der Waals surface area contributed by atoms with Gasteiger partial charge in [-0.05, 0) is 73.5 Å². The molecule has 8 amide bonds. The predicted octanol–water partition coefficient (Wildman–Crippen LogP) is -6.36. The van der Waals surface area contributed by atoms with Crippen LogP contribution in [0.15, 0.2) is 65.1 Å². The van der Waals surface area contributed by atoms with Crippen molar-refractivity contribution in [3.63, 3.8) is 0 Å². The number of unbranched alkanes of at least 4 members (excludes halogenated alkanes) is 3. The van der Waals surface area contributed by atoms with Gasteiger partial charge in [0.2, 0.25) is 47.2 Å². The quantitative estimate of drug-likeness (QED) is 0.0129. The second kappa shape index (κ2) is 32.1.